The Bertz CT molecular complexity index is 523. The molecule has 1 aliphatic rings. The molecule has 1 saturated heterocycles. The standard InChI is InChI=1S/C14H15ClN2O2/c1-2-14(19)17-8-7-16-13(17)9-12(18)10-3-5-11(15)6-4-10/h3-6,9,16H,2,7-8H2,1H3/b13-9+. The average Bonchev–Trinajstić information content (AvgIpc) is 2.86. The van der Waals surface area contributed by atoms with Gasteiger partial charge in [-0.1, -0.05) is 18.5 Å². The minimum absolute atomic E-state index is 0.0140. The molecule has 0 bridgehead atoms. The summed E-state index contributed by atoms with van der Waals surface area (Å²) in [5.74, 6) is 0.446. The van der Waals surface area contributed by atoms with Crippen LogP contribution in [0.15, 0.2) is 36.2 Å². The fraction of sp³-hybridized carbons (Fsp3) is 0.286. The van der Waals surface area contributed by atoms with Crippen molar-refractivity contribution >= 4 is 23.3 Å². The van der Waals surface area contributed by atoms with Crippen molar-refractivity contribution in [2.75, 3.05) is 13.1 Å². The van der Waals surface area contributed by atoms with Crippen molar-refractivity contribution < 1.29 is 9.59 Å². The van der Waals surface area contributed by atoms with Gasteiger partial charge in [0, 0.05) is 36.2 Å². The predicted molar refractivity (Wildman–Crippen MR) is 73.9 cm³/mol. The van der Waals surface area contributed by atoms with E-state index in [0.717, 1.165) is 0 Å². The first kappa shape index (κ1) is 13.6. The Morgan fingerprint density at radius 3 is 2.68 bits per heavy atom. The van der Waals surface area contributed by atoms with E-state index >= 15 is 0 Å². The number of allylic oxidation sites excluding steroid dienone is 1. The van der Waals surface area contributed by atoms with Crippen LogP contribution in [0.5, 0.6) is 0 Å². The van der Waals surface area contributed by atoms with Gasteiger partial charge in [0.25, 0.3) is 0 Å². The Labute approximate surface area is 117 Å². The third-order valence-electron chi connectivity index (χ3n) is 2.93. The second-order valence-corrected chi connectivity index (χ2v) is 4.66. The molecule has 1 aromatic carbocycles. The van der Waals surface area contributed by atoms with Crippen molar-refractivity contribution in [3.05, 3.63) is 46.7 Å². The molecule has 0 spiro atoms. The molecule has 1 heterocycles. The molecular formula is C14H15ClN2O2. The lowest BCUT2D eigenvalue weighted by atomic mass is 10.1. The van der Waals surface area contributed by atoms with Crippen molar-refractivity contribution in [1.29, 1.82) is 0 Å². The van der Waals surface area contributed by atoms with Crippen LogP contribution in [0.4, 0.5) is 0 Å². The van der Waals surface area contributed by atoms with E-state index in [2.05, 4.69) is 5.32 Å². The molecule has 1 aromatic rings. The number of nitrogens with zero attached hydrogens (tertiary/aromatic N) is 1. The molecule has 1 amide bonds. The Kier molecular flexibility index (Phi) is 4.22. The van der Waals surface area contributed by atoms with Gasteiger partial charge in [-0.3, -0.25) is 14.5 Å². The second-order valence-electron chi connectivity index (χ2n) is 4.23. The summed E-state index contributed by atoms with van der Waals surface area (Å²) in [7, 11) is 0. The van der Waals surface area contributed by atoms with E-state index in [1.165, 1.54) is 6.08 Å². The highest BCUT2D eigenvalue weighted by molar-refractivity contribution is 6.30. The minimum atomic E-state index is -0.144. The van der Waals surface area contributed by atoms with Gasteiger partial charge in [-0.2, -0.15) is 0 Å². The number of benzene rings is 1. The van der Waals surface area contributed by atoms with Crippen molar-refractivity contribution in [2.24, 2.45) is 0 Å². The van der Waals surface area contributed by atoms with Crippen LogP contribution in [-0.2, 0) is 4.79 Å². The van der Waals surface area contributed by atoms with Crippen LogP contribution in [0.3, 0.4) is 0 Å². The van der Waals surface area contributed by atoms with Gasteiger partial charge in [0.05, 0.1) is 0 Å². The fourth-order valence-electron chi connectivity index (χ4n) is 1.91. The lowest BCUT2D eigenvalue weighted by molar-refractivity contribution is -0.128. The number of nitrogens with one attached hydrogen (secondary N) is 1. The first-order valence-electron chi connectivity index (χ1n) is 6.17. The monoisotopic (exact) mass is 278 g/mol. The highest BCUT2D eigenvalue weighted by Gasteiger charge is 2.22. The van der Waals surface area contributed by atoms with Gasteiger partial charge in [-0.05, 0) is 24.3 Å². The summed E-state index contributed by atoms with van der Waals surface area (Å²) in [6, 6.07) is 6.68. The highest BCUT2D eigenvalue weighted by atomic mass is 35.5. The van der Waals surface area contributed by atoms with Gasteiger partial charge in [-0.15, -0.1) is 0 Å². The van der Waals surface area contributed by atoms with Crippen LogP contribution < -0.4 is 5.32 Å². The molecule has 19 heavy (non-hydrogen) atoms. The molecule has 0 aromatic heterocycles. The van der Waals surface area contributed by atoms with E-state index in [1.54, 1.807) is 36.1 Å². The molecule has 0 radical (unpaired) electrons. The number of rotatable bonds is 3. The Balaban J connectivity index is 2.18. The van der Waals surface area contributed by atoms with Crippen molar-refractivity contribution in [2.45, 2.75) is 13.3 Å². The van der Waals surface area contributed by atoms with Gasteiger partial charge >= 0.3 is 0 Å². The van der Waals surface area contributed by atoms with Gasteiger partial charge in [-0.25, -0.2) is 0 Å². The van der Waals surface area contributed by atoms with Gasteiger partial charge in [0.15, 0.2) is 5.78 Å². The Morgan fingerprint density at radius 1 is 1.37 bits per heavy atom. The lowest BCUT2D eigenvalue weighted by Gasteiger charge is -2.15. The molecule has 4 nitrogen and oxygen atoms in total. The molecule has 1 fully saturated rings. The third kappa shape index (κ3) is 3.15. The number of hydrogen-bond acceptors (Lipinski definition) is 3. The zero-order chi connectivity index (χ0) is 13.8. The van der Waals surface area contributed by atoms with E-state index in [1.807, 2.05) is 0 Å². The average molecular weight is 279 g/mol. The maximum atomic E-state index is 12.1. The minimum Gasteiger partial charge on any atom is -0.369 e. The quantitative estimate of drug-likeness (QED) is 0.681. The molecule has 2 rings (SSSR count). The van der Waals surface area contributed by atoms with Gasteiger partial charge in [0.2, 0.25) is 5.91 Å². The topological polar surface area (TPSA) is 49.4 Å². The van der Waals surface area contributed by atoms with Crippen molar-refractivity contribution in [3.63, 3.8) is 0 Å². The van der Waals surface area contributed by atoms with E-state index in [4.69, 9.17) is 11.6 Å². The van der Waals surface area contributed by atoms with Crippen LogP contribution in [0.1, 0.15) is 23.7 Å². The summed E-state index contributed by atoms with van der Waals surface area (Å²) in [4.78, 5) is 25.4. The lowest BCUT2D eigenvalue weighted by Crippen LogP contribution is -2.27. The van der Waals surface area contributed by atoms with Crippen LogP contribution in [0.25, 0.3) is 0 Å². The van der Waals surface area contributed by atoms with Crippen molar-refractivity contribution in [1.82, 2.24) is 10.2 Å². The molecular weight excluding hydrogens is 264 g/mol. The summed E-state index contributed by atoms with van der Waals surface area (Å²) in [6.07, 6.45) is 1.89. The summed E-state index contributed by atoms with van der Waals surface area (Å²) in [5, 5.41) is 3.64. The smallest absolute Gasteiger partial charge is 0.227 e. The molecule has 1 N–H and O–H groups in total. The number of hydrogen-bond donors (Lipinski definition) is 1. The van der Waals surface area contributed by atoms with Crippen LogP contribution in [-0.4, -0.2) is 29.7 Å². The fourth-order valence-corrected chi connectivity index (χ4v) is 2.04. The van der Waals surface area contributed by atoms with Crippen LogP contribution in [0, 0.1) is 0 Å². The number of carbonyl (C=O) groups excluding carboxylic acids is 2. The Hall–Kier alpha value is -1.81. The maximum absolute atomic E-state index is 12.1. The van der Waals surface area contributed by atoms with Gasteiger partial charge in [0.1, 0.15) is 5.82 Å². The zero-order valence-electron chi connectivity index (χ0n) is 10.6. The van der Waals surface area contributed by atoms with E-state index in [0.29, 0.717) is 35.9 Å². The van der Waals surface area contributed by atoms with E-state index in [9.17, 15) is 9.59 Å². The van der Waals surface area contributed by atoms with E-state index in [-0.39, 0.29) is 11.7 Å². The molecule has 0 saturated carbocycles. The van der Waals surface area contributed by atoms with Gasteiger partial charge < -0.3 is 5.32 Å². The van der Waals surface area contributed by atoms with Crippen molar-refractivity contribution in [3.8, 4) is 0 Å². The largest absolute Gasteiger partial charge is 0.369 e. The molecule has 5 heteroatoms. The van der Waals surface area contributed by atoms with E-state index < -0.39 is 0 Å². The second kappa shape index (κ2) is 5.89. The first-order valence-corrected chi connectivity index (χ1v) is 6.55. The zero-order valence-corrected chi connectivity index (χ0v) is 11.4. The van der Waals surface area contributed by atoms with Crippen LogP contribution in [0.2, 0.25) is 5.02 Å². The third-order valence-corrected chi connectivity index (χ3v) is 3.18. The summed E-state index contributed by atoms with van der Waals surface area (Å²) < 4.78 is 0. The summed E-state index contributed by atoms with van der Waals surface area (Å²) in [6.45, 7) is 3.08. The SMILES string of the molecule is CCC(=O)N1CCN/C1=C\C(=O)c1ccc(Cl)cc1. The normalized spacial score (nSPS) is 16.5. The number of halogens is 1. The summed E-state index contributed by atoms with van der Waals surface area (Å²) >= 11 is 5.78. The number of carbonyl (C=O) groups is 2. The molecule has 100 valence electrons. The van der Waals surface area contributed by atoms with Crippen LogP contribution >= 0.6 is 11.6 Å². The summed E-state index contributed by atoms with van der Waals surface area (Å²) in [5.41, 5.74) is 0.550. The molecule has 1 aliphatic heterocycles. The molecule has 0 atom stereocenters. The molecule has 0 aliphatic carbocycles. The molecule has 0 unspecified atom stereocenters. The Morgan fingerprint density at radius 2 is 2.05 bits per heavy atom. The number of ketones is 1. The highest BCUT2D eigenvalue weighted by Crippen LogP contribution is 2.13. The number of amides is 1. The first-order chi connectivity index (χ1) is 9.11. The predicted octanol–water partition coefficient (Wildman–Crippen LogP) is 2.21. The maximum Gasteiger partial charge on any atom is 0.227 e.